The standard InChI is InChI=1S/C15H20N2OS/c1-11(2)14(18)10-16-8-13-9-17-15(19-13)12-6-4-3-5-7-12/h3-7,9,11,14,16,18H,8,10H2,1-2H3. The third kappa shape index (κ3) is 4.13. The molecule has 1 unspecified atom stereocenters. The van der Waals surface area contributed by atoms with E-state index in [4.69, 9.17) is 0 Å². The SMILES string of the molecule is CC(C)C(O)CNCc1cnc(-c2ccccc2)s1. The Morgan fingerprint density at radius 2 is 2.00 bits per heavy atom. The van der Waals surface area contributed by atoms with E-state index in [0.717, 1.165) is 17.1 Å². The van der Waals surface area contributed by atoms with Crippen LogP contribution < -0.4 is 5.32 Å². The number of thiazole rings is 1. The molecular formula is C15H20N2OS. The number of rotatable bonds is 6. The smallest absolute Gasteiger partial charge is 0.123 e. The zero-order valence-electron chi connectivity index (χ0n) is 11.3. The average molecular weight is 276 g/mol. The van der Waals surface area contributed by atoms with Gasteiger partial charge in [-0.3, -0.25) is 0 Å². The summed E-state index contributed by atoms with van der Waals surface area (Å²) >= 11 is 1.69. The lowest BCUT2D eigenvalue weighted by molar-refractivity contribution is 0.123. The Balaban J connectivity index is 1.88. The summed E-state index contributed by atoms with van der Waals surface area (Å²) < 4.78 is 0. The van der Waals surface area contributed by atoms with E-state index in [1.165, 1.54) is 4.88 Å². The fraction of sp³-hybridized carbons (Fsp3) is 0.400. The Morgan fingerprint density at radius 1 is 1.26 bits per heavy atom. The van der Waals surface area contributed by atoms with E-state index < -0.39 is 0 Å². The van der Waals surface area contributed by atoms with Gasteiger partial charge in [-0.25, -0.2) is 4.98 Å². The van der Waals surface area contributed by atoms with Crippen LogP contribution in [0, 0.1) is 5.92 Å². The minimum absolute atomic E-state index is 0.286. The van der Waals surface area contributed by atoms with Crippen LogP contribution in [0.4, 0.5) is 0 Å². The number of aliphatic hydroxyl groups is 1. The topological polar surface area (TPSA) is 45.1 Å². The Hall–Kier alpha value is -1.23. The lowest BCUT2D eigenvalue weighted by atomic mass is 10.1. The third-order valence-corrected chi connectivity index (χ3v) is 4.04. The summed E-state index contributed by atoms with van der Waals surface area (Å²) in [6.07, 6.45) is 1.61. The van der Waals surface area contributed by atoms with Crippen molar-refractivity contribution >= 4 is 11.3 Å². The molecule has 0 saturated heterocycles. The molecule has 1 heterocycles. The van der Waals surface area contributed by atoms with Gasteiger partial charge in [0.05, 0.1) is 6.10 Å². The molecule has 0 amide bonds. The van der Waals surface area contributed by atoms with E-state index in [1.807, 2.05) is 38.2 Å². The number of aromatic nitrogens is 1. The first kappa shape index (κ1) is 14.2. The molecule has 1 atom stereocenters. The van der Waals surface area contributed by atoms with E-state index in [0.29, 0.717) is 6.54 Å². The first-order valence-corrected chi connectivity index (χ1v) is 7.37. The molecule has 2 aromatic rings. The van der Waals surface area contributed by atoms with E-state index in [-0.39, 0.29) is 12.0 Å². The van der Waals surface area contributed by atoms with Crippen LogP contribution in [0.5, 0.6) is 0 Å². The van der Waals surface area contributed by atoms with Crippen molar-refractivity contribution < 1.29 is 5.11 Å². The van der Waals surface area contributed by atoms with Crippen LogP contribution >= 0.6 is 11.3 Å². The Bertz CT molecular complexity index is 496. The number of hydrogen-bond acceptors (Lipinski definition) is 4. The second-order valence-corrected chi connectivity index (χ2v) is 6.06. The summed E-state index contributed by atoms with van der Waals surface area (Å²) in [5, 5.41) is 14.0. The zero-order chi connectivity index (χ0) is 13.7. The van der Waals surface area contributed by atoms with Crippen molar-refractivity contribution in [1.29, 1.82) is 0 Å². The van der Waals surface area contributed by atoms with Gasteiger partial charge in [-0.05, 0) is 5.92 Å². The van der Waals surface area contributed by atoms with Gasteiger partial charge in [0.15, 0.2) is 0 Å². The highest BCUT2D eigenvalue weighted by Gasteiger charge is 2.09. The largest absolute Gasteiger partial charge is 0.392 e. The predicted octanol–water partition coefficient (Wildman–Crippen LogP) is 2.92. The number of nitrogens with zero attached hydrogens (tertiary/aromatic N) is 1. The summed E-state index contributed by atoms with van der Waals surface area (Å²) in [5.41, 5.74) is 1.15. The molecule has 0 aliphatic carbocycles. The molecule has 1 aromatic heterocycles. The maximum absolute atomic E-state index is 9.71. The fourth-order valence-electron chi connectivity index (χ4n) is 1.68. The zero-order valence-corrected chi connectivity index (χ0v) is 12.2. The van der Waals surface area contributed by atoms with Gasteiger partial charge in [-0.1, -0.05) is 44.2 Å². The molecule has 4 heteroatoms. The van der Waals surface area contributed by atoms with Crippen LogP contribution in [-0.4, -0.2) is 22.7 Å². The van der Waals surface area contributed by atoms with E-state index in [9.17, 15) is 5.11 Å². The minimum Gasteiger partial charge on any atom is -0.392 e. The van der Waals surface area contributed by atoms with Gasteiger partial charge >= 0.3 is 0 Å². The van der Waals surface area contributed by atoms with Crippen molar-refractivity contribution in [2.45, 2.75) is 26.5 Å². The van der Waals surface area contributed by atoms with Crippen LogP contribution in [0.1, 0.15) is 18.7 Å². The first-order chi connectivity index (χ1) is 9.16. The molecule has 1 aromatic carbocycles. The molecule has 0 aliphatic heterocycles. The molecule has 19 heavy (non-hydrogen) atoms. The lowest BCUT2D eigenvalue weighted by Gasteiger charge is -2.14. The van der Waals surface area contributed by atoms with Gasteiger partial charge in [0.2, 0.25) is 0 Å². The van der Waals surface area contributed by atoms with Crippen molar-refractivity contribution in [3.8, 4) is 10.6 Å². The Labute approximate surface area is 118 Å². The maximum atomic E-state index is 9.71. The van der Waals surface area contributed by atoms with Gasteiger partial charge in [-0.15, -0.1) is 11.3 Å². The van der Waals surface area contributed by atoms with Gasteiger partial charge in [-0.2, -0.15) is 0 Å². The Morgan fingerprint density at radius 3 is 2.68 bits per heavy atom. The van der Waals surface area contributed by atoms with E-state index in [2.05, 4.69) is 22.4 Å². The number of benzene rings is 1. The molecule has 102 valence electrons. The normalized spacial score (nSPS) is 12.8. The molecule has 0 bridgehead atoms. The molecule has 3 nitrogen and oxygen atoms in total. The van der Waals surface area contributed by atoms with E-state index >= 15 is 0 Å². The molecule has 0 fully saturated rings. The Kier molecular flexibility index (Phi) is 5.07. The first-order valence-electron chi connectivity index (χ1n) is 6.55. The van der Waals surface area contributed by atoms with Crippen molar-refractivity contribution in [2.75, 3.05) is 6.54 Å². The maximum Gasteiger partial charge on any atom is 0.123 e. The molecule has 2 rings (SSSR count). The van der Waals surface area contributed by atoms with Crippen LogP contribution in [-0.2, 0) is 6.54 Å². The van der Waals surface area contributed by atoms with Gasteiger partial charge in [0.25, 0.3) is 0 Å². The van der Waals surface area contributed by atoms with Crippen LogP contribution in [0.3, 0.4) is 0 Å². The molecule has 0 aliphatic rings. The highest BCUT2D eigenvalue weighted by Crippen LogP contribution is 2.24. The van der Waals surface area contributed by atoms with Crippen molar-refractivity contribution in [3.05, 3.63) is 41.4 Å². The van der Waals surface area contributed by atoms with Gasteiger partial charge in [0.1, 0.15) is 5.01 Å². The third-order valence-electron chi connectivity index (χ3n) is 3.00. The molecule has 0 radical (unpaired) electrons. The second kappa shape index (κ2) is 6.80. The number of nitrogens with one attached hydrogen (secondary N) is 1. The number of hydrogen-bond donors (Lipinski definition) is 2. The lowest BCUT2D eigenvalue weighted by Crippen LogP contribution is -2.29. The summed E-state index contributed by atoms with van der Waals surface area (Å²) in [6.45, 7) is 5.42. The summed E-state index contributed by atoms with van der Waals surface area (Å²) in [4.78, 5) is 5.62. The van der Waals surface area contributed by atoms with Crippen LogP contribution in [0.2, 0.25) is 0 Å². The van der Waals surface area contributed by atoms with Gasteiger partial charge < -0.3 is 10.4 Å². The number of aliphatic hydroxyl groups excluding tert-OH is 1. The highest BCUT2D eigenvalue weighted by molar-refractivity contribution is 7.15. The molecule has 2 N–H and O–H groups in total. The molecule has 0 spiro atoms. The van der Waals surface area contributed by atoms with Crippen LogP contribution in [0.15, 0.2) is 36.5 Å². The predicted molar refractivity (Wildman–Crippen MR) is 80.1 cm³/mol. The van der Waals surface area contributed by atoms with Crippen molar-refractivity contribution in [3.63, 3.8) is 0 Å². The summed E-state index contributed by atoms with van der Waals surface area (Å²) in [6, 6.07) is 10.2. The second-order valence-electron chi connectivity index (χ2n) is 4.94. The quantitative estimate of drug-likeness (QED) is 0.852. The summed E-state index contributed by atoms with van der Waals surface area (Å²) in [7, 11) is 0. The van der Waals surface area contributed by atoms with E-state index in [1.54, 1.807) is 11.3 Å². The molecular weight excluding hydrogens is 256 g/mol. The van der Waals surface area contributed by atoms with Crippen molar-refractivity contribution in [2.24, 2.45) is 5.92 Å². The monoisotopic (exact) mass is 276 g/mol. The summed E-state index contributed by atoms with van der Waals surface area (Å²) in [5.74, 6) is 0.286. The molecule has 0 saturated carbocycles. The average Bonchev–Trinajstić information content (AvgIpc) is 2.88. The van der Waals surface area contributed by atoms with Crippen molar-refractivity contribution in [1.82, 2.24) is 10.3 Å². The van der Waals surface area contributed by atoms with Gasteiger partial charge in [0, 0.05) is 29.7 Å². The minimum atomic E-state index is -0.290. The fourth-order valence-corrected chi connectivity index (χ4v) is 2.57. The highest BCUT2D eigenvalue weighted by atomic mass is 32.1. The van der Waals surface area contributed by atoms with Crippen LogP contribution in [0.25, 0.3) is 10.6 Å².